The van der Waals surface area contributed by atoms with Crippen LogP contribution in [0.5, 0.6) is 0 Å². The van der Waals surface area contributed by atoms with Crippen LogP contribution in [0.3, 0.4) is 0 Å². The molecule has 2 heterocycles. The number of alkyl halides is 3. The summed E-state index contributed by atoms with van der Waals surface area (Å²) in [6.45, 7) is 3.34. The molecule has 0 bridgehead atoms. The van der Waals surface area contributed by atoms with Crippen LogP contribution < -0.4 is 4.90 Å². The molecule has 0 aliphatic carbocycles. The first-order valence-corrected chi connectivity index (χ1v) is 10.2. The first kappa shape index (κ1) is 21.6. The topological polar surface area (TPSA) is 19.4 Å². The lowest BCUT2D eigenvalue weighted by Crippen LogP contribution is -2.46. The Morgan fingerprint density at radius 1 is 0.871 bits per heavy atom. The fourth-order valence-corrected chi connectivity index (χ4v) is 3.95. The van der Waals surface area contributed by atoms with Crippen LogP contribution in [-0.4, -0.2) is 36.1 Å². The first-order chi connectivity index (χ1) is 14.8. The van der Waals surface area contributed by atoms with Crippen LogP contribution in [0.1, 0.15) is 11.1 Å². The van der Waals surface area contributed by atoms with Crippen molar-refractivity contribution in [1.82, 2.24) is 9.88 Å². The molecule has 1 aliphatic rings. The van der Waals surface area contributed by atoms with E-state index >= 15 is 0 Å². The van der Waals surface area contributed by atoms with Crippen LogP contribution in [0.4, 0.5) is 23.2 Å². The number of aromatic nitrogens is 1. The molecule has 1 saturated heterocycles. The van der Waals surface area contributed by atoms with Gasteiger partial charge in [-0.1, -0.05) is 23.7 Å². The molecule has 1 fully saturated rings. The average molecular weight is 450 g/mol. The number of pyridine rings is 1. The summed E-state index contributed by atoms with van der Waals surface area (Å²) in [6, 6.07) is 12.4. The summed E-state index contributed by atoms with van der Waals surface area (Å²) in [5.41, 5.74) is 2.55. The van der Waals surface area contributed by atoms with E-state index in [9.17, 15) is 17.6 Å². The number of halogens is 5. The van der Waals surface area contributed by atoms with Crippen LogP contribution in [0.25, 0.3) is 11.1 Å². The van der Waals surface area contributed by atoms with Crippen molar-refractivity contribution in [2.45, 2.75) is 12.7 Å². The second kappa shape index (κ2) is 8.85. The van der Waals surface area contributed by atoms with Gasteiger partial charge >= 0.3 is 6.18 Å². The third kappa shape index (κ3) is 5.17. The molecule has 0 saturated carbocycles. The quantitative estimate of drug-likeness (QED) is 0.463. The van der Waals surface area contributed by atoms with Crippen molar-refractivity contribution in [3.05, 3.63) is 82.9 Å². The van der Waals surface area contributed by atoms with Crippen molar-refractivity contribution in [3.8, 4) is 11.1 Å². The first-order valence-electron chi connectivity index (χ1n) is 9.83. The minimum atomic E-state index is -4.47. The molecule has 3 nitrogen and oxygen atoms in total. The van der Waals surface area contributed by atoms with Crippen molar-refractivity contribution in [3.63, 3.8) is 0 Å². The molecular formula is C23H20ClF4N3. The number of hydrogen-bond acceptors (Lipinski definition) is 3. The molecule has 0 atom stereocenters. The van der Waals surface area contributed by atoms with Crippen LogP contribution in [0.2, 0.25) is 5.02 Å². The largest absolute Gasteiger partial charge is 0.417 e. The molecule has 1 aliphatic heterocycles. The normalized spacial score (nSPS) is 15.3. The molecule has 0 amide bonds. The number of hydrogen-bond donors (Lipinski definition) is 0. The van der Waals surface area contributed by atoms with Gasteiger partial charge in [0, 0.05) is 56.4 Å². The Hall–Kier alpha value is -2.64. The maximum absolute atomic E-state index is 13.2. The maximum atomic E-state index is 13.2. The fourth-order valence-electron chi connectivity index (χ4n) is 3.72. The van der Waals surface area contributed by atoms with Gasteiger partial charge < -0.3 is 4.90 Å². The molecule has 4 rings (SSSR count). The summed E-state index contributed by atoms with van der Waals surface area (Å²) in [6.07, 6.45) is -0.931. The highest BCUT2D eigenvalue weighted by Gasteiger charge is 2.34. The number of anilines is 1. The molecule has 0 radical (unpaired) electrons. The van der Waals surface area contributed by atoms with Gasteiger partial charge in [0.25, 0.3) is 0 Å². The monoisotopic (exact) mass is 449 g/mol. The predicted molar refractivity (Wildman–Crippen MR) is 114 cm³/mol. The number of piperazine rings is 1. The standard InChI is InChI=1S/C23H20ClF4N3/c24-22-6-5-20(12-21(22)23(26,27)28)31-9-7-30(8-10-31)15-16-11-18(14-29-13-16)17-1-3-19(25)4-2-17/h1-6,11-14H,7-10,15H2. The Labute approximate surface area is 182 Å². The molecule has 0 N–H and O–H groups in total. The molecule has 162 valence electrons. The Morgan fingerprint density at radius 2 is 1.58 bits per heavy atom. The van der Waals surface area contributed by atoms with Crippen molar-refractivity contribution in [2.75, 3.05) is 31.1 Å². The zero-order chi connectivity index (χ0) is 22.0. The van der Waals surface area contributed by atoms with E-state index in [-0.39, 0.29) is 10.8 Å². The molecule has 8 heteroatoms. The third-order valence-corrected chi connectivity index (χ3v) is 5.70. The number of benzene rings is 2. The Balaban J connectivity index is 1.40. The fraction of sp³-hybridized carbons (Fsp3) is 0.261. The number of rotatable bonds is 4. The van der Waals surface area contributed by atoms with E-state index in [1.165, 1.54) is 18.2 Å². The summed E-state index contributed by atoms with van der Waals surface area (Å²) in [7, 11) is 0. The van der Waals surface area contributed by atoms with E-state index in [4.69, 9.17) is 11.6 Å². The molecule has 0 spiro atoms. The second-order valence-electron chi connectivity index (χ2n) is 7.51. The van der Waals surface area contributed by atoms with E-state index in [0.29, 0.717) is 38.4 Å². The van der Waals surface area contributed by atoms with Gasteiger partial charge in [-0.2, -0.15) is 13.2 Å². The van der Waals surface area contributed by atoms with Crippen LogP contribution in [-0.2, 0) is 12.7 Å². The van der Waals surface area contributed by atoms with Crippen molar-refractivity contribution in [2.24, 2.45) is 0 Å². The SMILES string of the molecule is Fc1ccc(-c2cncc(CN3CCN(c4ccc(Cl)c(C(F)(F)F)c4)CC3)c2)cc1. The van der Waals surface area contributed by atoms with E-state index in [2.05, 4.69) is 9.88 Å². The van der Waals surface area contributed by atoms with E-state index in [1.54, 1.807) is 30.6 Å². The van der Waals surface area contributed by atoms with E-state index in [0.717, 1.165) is 22.8 Å². The lowest BCUT2D eigenvalue weighted by atomic mass is 10.1. The van der Waals surface area contributed by atoms with Gasteiger partial charge in [0.2, 0.25) is 0 Å². The molecule has 1 aromatic heterocycles. The zero-order valence-electron chi connectivity index (χ0n) is 16.5. The van der Waals surface area contributed by atoms with Gasteiger partial charge in [0.1, 0.15) is 5.82 Å². The highest BCUT2D eigenvalue weighted by atomic mass is 35.5. The second-order valence-corrected chi connectivity index (χ2v) is 7.92. The highest BCUT2D eigenvalue weighted by molar-refractivity contribution is 6.31. The van der Waals surface area contributed by atoms with Gasteiger partial charge in [-0.3, -0.25) is 9.88 Å². The predicted octanol–water partition coefficient (Wildman–Crippen LogP) is 5.88. The smallest absolute Gasteiger partial charge is 0.369 e. The van der Waals surface area contributed by atoms with E-state index < -0.39 is 11.7 Å². The summed E-state index contributed by atoms with van der Waals surface area (Å²) in [4.78, 5) is 8.48. The zero-order valence-corrected chi connectivity index (χ0v) is 17.3. The lowest BCUT2D eigenvalue weighted by Gasteiger charge is -2.36. The van der Waals surface area contributed by atoms with Crippen molar-refractivity contribution in [1.29, 1.82) is 0 Å². The molecule has 3 aromatic rings. The highest BCUT2D eigenvalue weighted by Crippen LogP contribution is 2.37. The van der Waals surface area contributed by atoms with Crippen LogP contribution in [0.15, 0.2) is 60.9 Å². The Morgan fingerprint density at radius 3 is 2.26 bits per heavy atom. The van der Waals surface area contributed by atoms with Gasteiger partial charge in [-0.05, 0) is 47.5 Å². The van der Waals surface area contributed by atoms with Crippen LogP contribution >= 0.6 is 11.6 Å². The third-order valence-electron chi connectivity index (χ3n) is 5.37. The van der Waals surface area contributed by atoms with Gasteiger partial charge in [0.15, 0.2) is 0 Å². The molecule has 0 unspecified atom stereocenters. The minimum absolute atomic E-state index is 0.284. The summed E-state index contributed by atoms with van der Waals surface area (Å²) < 4.78 is 52.6. The molecule has 31 heavy (non-hydrogen) atoms. The minimum Gasteiger partial charge on any atom is -0.369 e. The van der Waals surface area contributed by atoms with Crippen molar-refractivity contribution < 1.29 is 17.6 Å². The lowest BCUT2D eigenvalue weighted by molar-refractivity contribution is -0.137. The molecule has 2 aromatic carbocycles. The summed E-state index contributed by atoms with van der Waals surface area (Å²) in [5, 5.41) is -0.288. The van der Waals surface area contributed by atoms with Crippen molar-refractivity contribution >= 4 is 17.3 Å². The Kier molecular flexibility index (Phi) is 6.16. The van der Waals surface area contributed by atoms with Gasteiger partial charge in [0.05, 0.1) is 10.6 Å². The molecular weight excluding hydrogens is 430 g/mol. The summed E-state index contributed by atoms with van der Waals surface area (Å²) >= 11 is 5.73. The van der Waals surface area contributed by atoms with Gasteiger partial charge in [-0.25, -0.2) is 4.39 Å². The van der Waals surface area contributed by atoms with Gasteiger partial charge in [-0.15, -0.1) is 0 Å². The van der Waals surface area contributed by atoms with E-state index in [1.807, 2.05) is 11.0 Å². The number of nitrogens with zero attached hydrogens (tertiary/aromatic N) is 3. The Bertz CT molecular complexity index is 1050. The van der Waals surface area contributed by atoms with Crippen LogP contribution in [0, 0.1) is 5.82 Å². The maximum Gasteiger partial charge on any atom is 0.417 e. The summed E-state index contributed by atoms with van der Waals surface area (Å²) in [5.74, 6) is -0.284. The average Bonchev–Trinajstić information content (AvgIpc) is 2.75.